The van der Waals surface area contributed by atoms with E-state index in [-0.39, 0.29) is 0 Å². The van der Waals surface area contributed by atoms with Crippen molar-refractivity contribution in [1.29, 1.82) is 0 Å². The van der Waals surface area contributed by atoms with Gasteiger partial charge in [-0.3, -0.25) is 4.90 Å². The molecule has 2 aromatic rings. The van der Waals surface area contributed by atoms with Crippen LogP contribution in [0.25, 0.3) is 0 Å². The second kappa shape index (κ2) is 7.46. The number of nitrogens with zero attached hydrogens (tertiary/aromatic N) is 3. The maximum Gasteiger partial charge on any atom is 0.240 e. The van der Waals surface area contributed by atoms with Crippen LogP contribution in [0.15, 0.2) is 28.8 Å². The van der Waals surface area contributed by atoms with Gasteiger partial charge in [-0.05, 0) is 49.6 Å². The standard InChI is InChI=1S/C17H23N3O3/c1-13-4-3-9-20(10-13)11-17-18-16(19-23-17)12-22-15-7-5-14(21-2)6-8-15/h5-8,13H,3-4,9-12H2,1-2H3. The van der Waals surface area contributed by atoms with Crippen molar-refractivity contribution >= 4 is 0 Å². The summed E-state index contributed by atoms with van der Waals surface area (Å²) in [5.74, 6) is 3.52. The molecule has 0 saturated carbocycles. The molecule has 1 fully saturated rings. The SMILES string of the molecule is COc1ccc(OCc2noc(CN3CCCC(C)C3)n2)cc1. The van der Waals surface area contributed by atoms with E-state index in [0.29, 0.717) is 18.3 Å². The number of hydrogen-bond acceptors (Lipinski definition) is 6. The monoisotopic (exact) mass is 317 g/mol. The minimum Gasteiger partial charge on any atom is -0.497 e. The molecule has 1 aliphatic rings. The van der Waals surface area contributed by atoms with E-state index in [1.165, 1.54) is 12.8 Å². The maximum absolute atomic E-state index is 5.66. The predicted molar refractivity (Wildman–Crippen MR) is 85.3 cm³/mol. The Morgan fingerprint density at radius 2 is 2.04 bits per heavy atom. The molecule has 2 heterocycles. The van der Waals surface area contributed by atoms with Crippen LogP contribution in [-0.2, 0) is 13.2 Å². The Bertz CT molecular complexity index is 612. The Morgan fingerprint density at radius 3 is 2.78 bits per heavy atom. The number of ether oxygens (including phenoxy) is 2. The summed E-state index contributed by atoms with van der Waals surface area (Å²) in [6.45, 7) is 5.50. The molecule has 0 spiro atoms. The topological polar surface area (TPSA) is 60.6 Å². The number of hydrogen-bond donors (Lipinski definition) is 0. The number of rotatable bonds is 6. The molecule has 1 aromatic carbocycles. The first-order valence-corrected chi connectivity index (χ1v) is 8.03. The fourth-order valence-electron chi connectivity index (χ4n) is 2.85. The number of likely N-dealkylation sites (tertiary alicyclic amines) is 1. The highest BCUT2D eigenvalue weighted by atomic mass is 16.5. The van der Waals surface area contributed by atoms with Crippen LogP contribution in [0.1, 0.15) is 31.5 Å². The van der Waals surface area contributed by atoms with Gasteiger partial charge in [0.05, 0.1) is 13.7 Å². The predicted octanol–water partition coefficient (Wildman–Crippen LogP) is 2.89. The summed E-state index contributed by atoms with van der Waals surface area (Å²) in [4.78, 5) is 6.78. The number of aromatic nitrogens is 2. The van der Waals surface area contributed by atoms with Gasteiger partial charge in [0.1, 0.15) is 11.5 Å². The first-order valence-electron chi connectivity index (χ1n) is 8.03. The van der Waals surface area contributed by atoms with E-state index in [2.05, 4.69) is 22.0 Å². The molecular weight excluding hydrogens is 294 g/mol. The number of piperidine rings is 1. The van der Waals surface area contributed by atoms with Crippen LogP contribution in [0.2, 0.25) is 0 Å². The zero-order chi connectivity index (χ0) is 16.1. The van der Waals surface area contributed by atoms with Gasteiger partial charge < -0.3 is 14.0 Å². The smallest absolute Gasteiger partial charge is 0.240 e. The van der Waals surface area contributed by atoms with Crippen molar-refractivity contribution in [2.24, 2.45) is 5.92 Å². The third-order valence-corrected chi connectivity index (χ3v) is 4.04. The first-order chi connectivity index (χ1) is 11.2. The second-order valence-corrected chi connectivity index (χ2v) is 6.05. The molecular formula is C17H23N3O3. The minimum absolute atomic E-state index is 0.298. The van der Waals surface area contributed by atoms with Crippen LogP contribution in [-0.4, -0.2) is 35.2 Å². The molecule has 1 unspecified atom stereocenters. The quantitative estimate of drug-likeness (QED) is 0.816. The fraction of sp³-hybridized carbons (Fsp3) is 0.529. The van der Waals surface area contributed by atoms with Crippen LogP contribution in [0.4, 0.5) is 0 Å². The summed E-state index contributed by atoms with van der Waals surface area (Å²) in [5, 5.41) is 3.99. The second-order valence-electron chi connectivity index (χ2n) is 6.05. The van der Waals surface area contributed by atoms with Crippen molar-refractivity contribution in [2.45, 2.75) is 32.9 Å². The maximum atomic E-state index is 5.66. The minimum atomic E-state index is 0.298. The van der Waals surface area contributed by atoms with Crippen molar-refractivity contribution in [3.63, 3.8) is 0 Å². The summed E-state index contributed by atoms with van der Waals surface area (Å²) in [6.07, 6.45) is 2.55. The molecule has 6 heteroatoms. The van der Waals surface area contributed by atoms with Gasteiger partial charge in [0, 0.05) is 6.54 Å². The van der Waals surface area contributed by atoms with Crippen molar-refractivity contribution < 1.29 is 14.0 Å². The van der Waals surface area contributed by atoms with Gasteiger partial charge in [0.25, 0.3) is 0 Å². The molecule has 1 saturated heterocycles. The molecule has 124 valence electrons. The van der Waals surface area contributed by atoms with Gasteiger partial charge in [-0.15, -0.1) is 0 Å². The van der Waals surface area contributed by atoms with Crippen LogP contribution in [0, 0.1) is 5.92 Å². The first kappa shape index (κ1) is 15.8. The largest absolute Gasteiger partial charge is 0.497 e. The molecule has 1 atom stereocenters. The zero-order valence-corrected chi connectivity index (χ0v) is 13.7. The van der Waals surface area contributed by atoms with Crippen LogP contribution in [0.5, 0.6) is 11.5 Å². The van der Waals surface area contributed by atoms with Crippen LogP contribution >= 0.6 is 0 Å². The third kappa shape index (κ3) is 4.45. The number of benzene rings is 1. The molecule has 0 amide bonds. The van der Waals surface area contributed by atoms with E-state index < -0.39 is 0 Å². The molecule has 1 aromatic heterocycles. The van der Waals surface area contributed by atoms with Crippen LogP contribution in [0.3, 0.4) is 0 Å². The van der Waals surface area contributed by atoms with Gasteiger partial charge in [0.15, 0.2) is 6.61 Å². The van der Waals surface area contributed by atoms with Gasteiger partial charge in [0.2, 0.25) is 11.7 Å². The zero-order valence-electron chi connectivity index (χ0n) is 13.7. The van der Waals surface area contributed by atoms with E-state index in [4.69, 9.17) is 14.0 Å². The van der Waals surface area contributed by atoms with Gasteiger partial charge >= 0.3 is 0 Å². The highest BCUT2D eigenvalue weighted by molar-refractivity contribution is 5.31. The van der Waals surface area contributed by atoms with E-state index in [9.17, 15) is 0 Å². The van der Waals surface area contributed by atoms with Gasteiger partial charge in [-0.2, -0.15) is 4.98 Å². The summed E-state index contributed by atoms with van der Waals surface area (Å²) in [7, 11) is 1.64. The van der Waals surface area contributed by atoms with E-state index in [1.807, 2.05) is 24.3 Å². The molecule has 6 nitrogen and oxygen atoms in total. The van der Waals surface area contributed by atoms with E-state index >= 15 is 0 Å². The Hall–Kier alpha value is -2.08. The van der Waals surface area contributed by atoms with Gasteiger partial charge in [-0.25, -0.2) is 0 Å². The lowest BCUT2D eigenvalue weighted by Crippen LogP contribution is -2.33. The Labute approximate surface area is 136 Å². The summed E-state index contributed by atoms with van der Waals surface area (Å²) >= 11 is 0. The van der Waals surface area contributed by atoms with Crippen molar-refractivity contribution in [3.05, 3.63) is 36.0 Å². The summed E-state index contributed by atoms with van der Waals surface area (Å²) in [6, 6.07) is 7.42. The molecule has 1 aliphatic heterocycles. The Morgan fingerprint density at radius 1 is 1.26 bits per heavy atom. The fourth-order valence-corrected chi connectivity index (χ4v) is 2.85. The highest BCUT2D eigenvalue weighted by Crippen LogP contribution is 2.19. The average molecular weight is 317 g/mol. The highest BCUT2D eigenvalue weighted by Gasteiger charge is 2.18. The van der Waals surface area contributed by atoms with Crippen LogP contribution < -0.4 is 9.47 Å². The third-order valence-electron chi connectivity index (χ3n) is 4.04. The van der Waals surface area contributed by atoms with Crippen molar-refractivity contribution in [1.82, 2.24) is 15.0 Å². The summed E-state index contributed by atoms with van der Waals surface area (Å²) in [5.41, 5.74) is 0. The lowest BCUT2D eigenvalue weighted by Gasteiger charge is -2.29. The molecule has 0 N–H and O–H groups in total. The van der Waals surface area contributed by atoms with Crippen molar-refractivity contribution in [2.75, 3.05) is 20.2 Å². The lowest BCUT2D eigenvalue weighted by molar-refractivity contribution is 0.157. The molecule has 0 aliphatic carbocycles. The Kier molecular flexibility index (Phi) is 5.12. The molecule has 0 bridgehead atoms. The van der Waals surface area contributed by atoms with E-state index in [1.54, 1.807) is 7.11 Å². The lowest BCUT2D eigenvalue weighted by atomic mass is 10.0. The van der Waals surface area contributed by atoms with Crippen molar-refractivity contribution in [3.8, 4) is 11.5 Å². The number of methoxy groups -OCH3 is 1. The van der Waals surface area contributed by atoms with Gasteiger partial charge in [-0.1, -0.05) is 12.1 Å². The molecule has 3 rings (SSSR count). The summed E-state index contributed by atoms with van der Waals surface area (Å²) < 4.78 is 16.1. The average Bonchev–Trinajstić information content (AvgIpc) is 3.01. The normalized spacial score (nSPS) is 18.8. The van der Waals surface area contributed by atoms with E-state index in [0.717, 1.165) is 37.1 Å². The Balaban J connectivity index is 1.50. The molecule has 0 radical (unpaired) electrons. The molecule has 23 heavy (non-hydrogen) atoms.